The van der Waals surface area contributed by atoms with Crippen LogP contribution >= 0.6 is 22.6 Å². The van der Waals surface area contributed by atoms with Gasteiger partial charge in [-0.15, -0.1) is 10.2 Å². The summed E-state index contributed by atoms with van der Waals surface area (Å²) >= 11 is 2.46. The third kappa shape index (κ3) is 12.7. The minimum Gasteiger partial charge on any atom is -0.490 e. The molecule has 1 aromatic carbocycles. The fourth-order valence-electron chi connectivity index (χ4n) is 8.79. The lowest BCUT2D eigenvalue weighted by Gasteiger charge is -2.42. The van der Waals surface area contributed by atoms with E-state index in [1.54, 1.807) is 25.2 Å². The van der Waals surface area contributed by atoms with E-state index < -0.39 is 72.1 Å². The van der Waals surface area contributed by atoms with E-state index in [0.717, 1.165) is 12.0 Å². The van der Waals surface area contributed by atoms with Crippen molar-refractivity contribution in [1.29, 1.82) is 0 Å². The van der Waals surface area contributed by atoms with E-state index in [9.17, 15) is 33.0 Å². The van der Waals surface area contributed by atoms with Gasteiger partial charge in [-0.2, -0.15) is 13.2 Å². The summed E-state index contributed by atoms with van der Waals surface area (Å²) in [6.07, 6.45) is 4.78. The first-order valence-electron chi connectivity index (χ1n) is 21.8. The second-order valence-corrected chi connectivity index (χ2v) is 19.1. The first-order chi connectivity index (χ1) is 29.6. The van der Waals surface area contributed by atoms with Gasteiger partial charge in [0.1, 0.15) is 18.3 Å². The van der Waals surface area contributed by atoms with E-state index >= 15 is 0 Å². The number of carbonyl (C=O) groups excluding carboxylic acids is 2. The first-order valence-corrected chi connectivity index (χ1v) is 23.0. The van der Waals surface area contributed by atoms with Crippen LogP contribution in [0.5, 0.6) is 0 Å². The standard InChI is InChI=1S/C48H66F3IN2O9/c1-12-15-37-30(7)36(52)25-39(61-37)31(8)42(56)32(9)44-38(59-10)17-14-16-26(3)22-29(6)43(35(13-2)41(55)28(5)23-27(4)24-40(60-11)46(58)63-44)62-45(57)33-18-20-34(21-19-33)47(53-54-47)48(49,50)51/h12,14-21,23-24,28-32,35-39,41-44,55-56H,13,22,25H2,1-11H3/b15-12+,17-14-,26-16+,27-23+,40-24+/t28-,29-,30+,31-,32+,35?,36-,37-,38+,39-,41-,42+,43+,44?/m1/s1. The molecule has 2 unspecified atom stereocenters. The lowest BCUT2D eigenvalue weighted by atomic mass is 9.79. The smallest absolute Gasteiger partial charge is 0.442 e. The number of rotatable bonds is 11. The Labute approximate surface area is 384 Å². The number of esters is 2. The largest absolute Gasteiger partial charge is 0.490 e. The highest BCUT2D eigenvalue weighted by molar-refractivity contribution is 14.1. The molecule has 0 radical (unpaired) electrons. The van der Waals surface area contributed by atoms with Crippen LogP contribution in [-0.4, -0.2) is 89.2 Å². The van der Waals surface area contributed by atoms with E-state index in [0.29, 0.717) is 28.3 Å². The summed E-state index contributed by atoms with van der Waals surface area (Å²) in [6.45, 7) is 17.2. The zero-order valence-corrected chi connectivity index (χ0v) is 40.4. The van der Waals surface area contributed by atoms with Crippen molar-refractivity contribution in [2.75, 3.05) is 14.2 Å². The lowest BCUT2D eigenvalue weighted by molar-refractivity contribution is -0.166. The van der Waals surface area contributed by atoms with Gasteiger partial charge in [-0.25, -0.2) is 9.59 Å². The molecule has 3 aliphatic rings. The van der Waals surface area contributed by atoms with Crippen molar-refractivity contribution in [1.82, 2.24) is 0 Å². The van der Waals surface area contributed by atoms with Gasteiger partial charge in [-0.1, -0.05) is 124 Å². The number of nitrogens with zero attached hydrogens (tertiary/aromatic N) is 2. The number of carbonyl (C=O) groups is 2. The molecule has 2 N–H and O–H groups in total. The highest BCUT2D eigenvalue weighted by Gasteiger charge is 2.65. The maximum absolute atomic E-state index is 14.0. The Kier molecular flexibility index (Phi) is 18.8. The van der Waals surface area contributed by atoms with Crippen LogP contribution in [0, 0.1) is 35.5 Å². The molecule has 15 heteroatoms. The molecule has 11 nitrogen and oxygen atoms in total. The molecule has 0 aliphatic carbocycles. The van der Waals surface area contributed by atoms with Crippen LogP contribution in [0.15, 0.2) is 93.9 Å². The molecule has 0 aromatic heterocycles. The number of ether oxygens (including phenoxy) is 5. The van der Waals surface area contributed by atoms with Gasteiger partial charge >= 0.3 is 23.8 Å². The molecule has 0 bridgehead atoms. The second kappa shape index (κ2) is 22.7. The Hall–Kier alpha value is -3.38. The van der Waals surface area contributed by atoms with Crippen LogP contribution in [0.3, 0.4) is 0 Å². The van der Waals surface area contributed by atoms with Crippen LogP contribution in [0.4, 0.5) is 13.2 Å². The van der Waals surface area contributed by atoms with E-state index in [1.807, 2.05) is 60.6 Å². The maximum Gasteiger partial charge on any atom is 0.442 e. The monoisotopic (exact) mass is 998 g/mol. The summed E-state index contributed by atoms with van der Waals surface area (Å²) in [5.41, 5.74) is -1.30. The van der Waals surface area contributed by atoms with Crippen LogP contribution in [0.25, 0.3) is 0 Å². The minimum atomic E-state index is -4.71. The Morgan fingerprint density at radius 1 is 1.10 bits per heavy atom. The summed E-state index contributed by atoms with van der Waals surface area (Å²) in [6, 6.07) is 4.86. The van der Waals surface area contributed by atoms with Gasteiger partial charge in [0.05, 0.1) is 37.1 Å². The molecular formula is C48H66F3IN2O9. The highest BCUT2D eigenvalue weighted by Crippen LogP contribution is 2.52. The fraction of sp³-hybridized carbons (Fsp3) is 0.625. The number of methoxy groups -OCH3 is 2. The molecule has 1 fully saturated rings. The highest BCUT2D eigenvalue weighted by atomic mass is 127. The fourth-order valence-corrected chi connectivity index (χ4v) is 9.70. The van der Waals surface area contributed by atoms with Crippen molar-refractivity contribution in [3.05, 3.63) is 94.8 Å². The molecule has 0 amide bonds. The van der Waals surface area contributed by atoms with Crippen LogP contribution in [-0.2, 0) is 34.1 Å². The molecule has 1 saturated heterocycles. The molecule has 0 spiro atoms. The molecule has 3 heterocycles. The number of hydrogen-bond acceptors (Lipinski definition) is 11. The molecule has 63 heavy (non-hydrogen) atoms. The van der Waals surface area contributed by atoms with Crippen LogP contribution < -0.4 is 0 Å². The van der Waals surface area contributed by atoms with Gasteiger partial charge < -0.3 is 33.9 Å². The summed E-state index contributed by atoms with van der Waals surface area (Å²) in [5.74, 6) is -3.66. The Morgan fingerprint density at radius 2 is 1.75 bits per heavy atom. The Morgan fingerprint density at radius 3 is 2.30 bits per heavy atom. The van der Waals surface area contributed by atoms with Crippen molar-refractivity contribution < 1.29 is 56.7 Å². The molecule has 3 aliphatic heterocycles. The number of aliphatic hydroxyl groups excluding tert-OH is 2. The van der Waals surface area contributed by atoms with Gasteiger partial charge in [0.25, 0.3) is 0 Å². The van der Waals surface area contributed by atoms with E-state index in [2.05, 4.69) is 45.8 Å². The predicted molar refractivity (Wildman–Crippen MR) is 243 cm³/mol. The number of aliphatic hydroxyl groups is 2. The molecule has 0 saturated carbocycles. The van der Waals surface area contributed by atoms with Gasteiger partial charge in [0.15, 0.2) is 0 Å². The summed E-state index contributed by atoms with van der Waals surface area (Å²) < 4.78 is 71.7. The maximum atomic E-state index is 14.0. The number of halogens is 4. The predicted octanol–water partition coefficient (Wildman–Crippen LogP) is 10.2. The van der Waals surface area contributed by atoms with Gasteiger partial charge in [-0.05, 0) is 70.1 Å². The van der Waals surface area contributed by atoms with Crippen molar-refractivity contribution in [3.63, 3.8) is 0 Å². The molecule has 350 valence electrons. The van der Waals surface area contributed by atoms with E-state index in [4.69, 9.17) is 23.7 Å². The molecule has 1 aromatic rings. The van der Waals surface area contributed by atoms with Crippen molar-refractivity contribution in [2.24, 2.45) is 45.7 Å². The summed E-state index contributed by atoms with van der Waals surface area (Å²) in [7, 11) is 2.86. The average Bonchev–Trinajstić information content (AvgIpc) is 4.07. The van der Waals surface area contributed by atoms with Crippen LogP contribution in [0.2, 0.25) is 0 Å². The molecule has 14 atom stereocenters. The molecular weight excluding hydrogens is 932 g/mol. The summed E-state index contributed by atoms with van der Waals surface area (Å²) in [5, 5.41) is 30.4. The van der Waals surface area contributed by atoms with Crippen LogP contribution in [0.1, 0.15) is 97.5 Å². The SMILES string of the molecule is C/C=C/[C@H]1O[C@@H]([C@@H](C)[C@H](O)[C@H](C)C2OC(=O)/C(OC)=C\C(C)=C\[C@@H](C)[C@@H](O)C(CC)[C@@H](OC(=O)c3ccc(C4(C(F)(F)F)N=N4)cc3)[C@H](C)C/C(C)=C/C=C\[C@@H]2OC)C[C@@H](I)[C@@H]1C. The quantitative estimate of drug-likeness (QED) is 0.0958. The second-order valence-electron chi connectivity index (χ2n) is 17.5. The average molecular weight is 999 g/mol. The first kappa shape index (κ1) is 52.2. The summed E-state index contributed by atoms with van der Waals surface area (Å²) in [4.78, 5) is 27.7. The number of benzene rings is 1. The topological polar surface area (TPSA) is 145 Å². The zero-order valence-electron chi connectivity index (χ0n) is 38.2. The van der Waals surface area contributed by atoms with Crippen molar-refractivity contribution in [2.45, 2.75) is 140 Å². The Bertz CT molecular complexity index is 1890. The van der Waals surface area contributed by atoms with Gasteiger partial charge in [0.2, 0.25) is 5.76 Å². The van der Waals surface area contributed by atoms with E-state index in [1.165, 1.54) is 44.6 Å². The zero-order chi connectivity index (χ0) is 47.0. The third-order valence-electron chi connectivity index (χ3n) is 12.8. The Balaban J connectivity index is 1.69. The number of hydrogen-bond donors (Lipinski definition) is 2. The van der Waals surface area contributed by atoms with Gasteiger partial charge in [0, 0.05) is 40.3 Å². The minimum absolute atomic E-state index is 0.0395. The van der Waals surface area contributed by atoms with Crippen molar-refractivity contribution in [3.8, 4) is 0 Å². The van der Waals surface area contributed by atoms with E-state index in [-0.39, 0.29) is 40.9 Å². The number of cyclic esters (lactones) is 1. The normalized spacial score (nSPS) is 35.5. The lowest BCUT2D eigenvalue weighted by Crippen LogP contribution is -2.49. The third-order valence-corrected chi connectivity index (χ3v) is 14.4. The van der Waals surface area contributed by atoms with Crippen molar-refractivity contribution >= 4 is 34.5 Å². The number of alkyl halides is 4. The molecule has 4 rings (SSSR count). The van der Waals surface area contributed by atoms with Gasteiger partial charge in [-0.3, -0.25) is 0 Å². The number of allylic oxidation sites excluding steroid dienone is 6.